The first-order valence-electron chi connectivity index (χ1n) is 0.779. The van der Waals surface area contributed by atoms with Crippen LogP contribution in [0.5, 0.6) is 0 Å². The molecular formula is CS3. The van der Waals surface area contributed by atoms with E-state index in [0.717, 1.165) is 3.53 Å². The van der Waals surface area contributed by atoms with Crippen molar-refractivity contribution in [3.8, 4) is 0 Å². The molecule has 0 amide bonds. The van der Waals surface area contributed by atoms with Gasteiger partial charge in [-0.25, -0.2) is 0 Å². The van der Waals surface area contributed by atoms with Gasteiger partial charge in [0.05, 0.1) is 0 Å². The van der Waals surface area contributed by atoms with Gasteiger partial charge in [-0.15, -0.1) is 0 Å². The van der Waals surface area contributed by atoms with Crippen LogP contribution in [0.15, 0.2) is 0 Å². The van der Waals surface area contributed by atoms with Crippen LogP contribution in [0.3, 0.4) is 0 Å². The third-order valence-corrected chi connectivity index (χ3v) is 2.59. The molecule has 0 aromatic rings. The minimum absolute atomic E-state index is 1.08. The predicted octanol–water partition coefficient (Wildman–Crippen LogP) is 1.67. The Kier molecular flexibility index (Phi) is 0.660. The van der Waals surface area contributed by atoms with Crippen LogP contribution < -0.4 is 0 Å². The molecule has 0 aromatic carbocycles. The third-order valence-electron chi connectivity index (χ3n) is 0.151. The fraction of sp³-hybridized carbons (Fsp3) is 0. The molecule has 1 aliphatic rings. The quantitative estimate of drug-likeness (QED) is 0.263. The fourth-order valence-electron chi connectivity index (χ4n) is 0.0170. The van der Waals surface area contributed by atoms with Crippen LogP contribution in [0.2, 0.25) is 0 Å². The Morgan fingerprint density at radius 2 is 1.75 bits per heavy atom. The van der Waals surface area contributed by atoms with Crippen molar-refractivity contribution in [2.45, 2.75) is 0 Å². The lowest BCUT2D eigenvalue weighted by molar-refractivity contribution is 4.38. The molecule has 4 heavy (non-hydrogen) atoms. The van der Waals surface area contributed by atoms with E-state index in [1.165, 1.54) is 0 Å². The van der Waals surface area contributed by atoms with Crippen LogP contribution in [0, 0.1) is 0 Å². The molecule has 0 spiro atoms. The monoisotopic (exact) mass is 108 g/mol. The number of hydrogen-bond donors (Lipinski definition) is 0. The first-order chi connectivity index (χ1) is 1.89. The predicted molar refractivity (Wildman–Crippen MR) is 27.8 cm³/mol. The van der Waals surface area contributed by atoms with E-state index in [9.17, 15) is 0 Å². The molecule has 0 atom stereocenters. The summed E-state index contributed by atoms with van der Waals surface area (Å²) in [6.45, 7) is 0. The van der Waals surface area contributed by atoms with Crippen molar-refractivity contribution in [1.82, 2.24) is 0 Å². The van der Waals surface area contributed by atoms with Crippen molar-refractivity contribution in [2.75, 3.05) is 0 Å². The molecule has 1 heterocycles. The largest absolute Gasteiger partial charge is 0.126 e. The van der Waals surface area contributed by atoms with Crippen molar-refractivity contribution in [2.24, 2.45) is 0 Å². The van der Waals surface area contributed by atoms with E-state index >= 15 is 0 Å². The van der Waals surface area contributed by atoms with E-state index in [2.05, 4.69) is 12.2 Å². The zero-order valence-electron chi connectivity index (χ0n) is 1.72. The van der Waals surface area contributed by atoms with Crippen molar-refractivity contribution in [1.29, 1.82) is 0 Å². The Balaban J connectivity index is 2.60. The van der Waals surface area contributed by atoms with Crippen molar-refractivity contribution in [3.63, 3.8) is 0 Å². The van der Waals surface area contributed by atoms with Crippen molar-refractivity contribution < 1.29 is 0 Å². The number of rotatable bonds is 0. The molecule has 0 bridgehead atoms. The molecule has 1 fully saturated rings. The molecule has 3 heteroatoms. The van der Waals surface area contributed by atoms with Crippen LogP contribution in [0.25, 0.3) is 0 Å². The lowest BCUT2D eigenvalue weighted by atomic mass is 11.9. The zero-order valence-corrected chi connectivity index (χ0v) is 4.17. The van der Waals surface area contributed by atoms with E-state index in [1.807, 2.05) is 0 Å². The van der Waals surface area contributed by atoms with Gasteiger partial charge in [-0.2, -0.15) is 0 Å². The number of hydrogen-bond acceptors (Lipinski definition) is 3. The van der Waals surface area contributed by atoms with Gasteiger partial charge in [0.2, 0.25) is 0 Å². The third kappa shape index (κ3) is 0.622. The standard InChI is InChI=1S/CS3/c2-1-3-4-1. The summed E-state index contributed by atoms with van der Waals surface area (Å²) in [6.07, 6.45) is 0. The Bertz CT molecular complexity index is 41.2. The summed E-state index contributed by atoms with van der Waals surface area (Å²) in [5.41, 5.74) is 0. The Hall–Kier alpha value is 0.790. The highest BCUT2D eigenvalue weighted by Gasteiger charge is 2.11. The summed E-state index contributed by atoms with van der Waals surface area (Å²) in [5, 5.41) is 0. The molecule has 1 saturated heterocycles. The summed E-state index contributed by atoms with van der Waals surface area (Å²) in [6, 6.07) is 0. The first kappa shape index (κ1) is 3.00. The fourth-order valence-corrected chi connectivity index (χ4v) is 0.459. The SMILES string of the molecule is S=C1SS1. The molecule has 0 saturated carbocycles. The molecule has 0 N–H and O–H groups in total. The van der Waals surface area contributed by atoms with Gasteiger partial charge >= 0.3 is 0 Å². The summed E-state index contributed by atoms with van der Waals surface area (Å²) < 4.78 is 1.08. The van der Waals surface area contributed by atoms with Gasteiger partial charge in [-0.3, -0.25) is 0 Å². The normalized spacial score (nSPS) is 21.5. The smallest absolute Gasteiger partial charge is 0.0630 e. The second-order valence-electron chi connectivity index (χ2n) is 0.417. The van der Waals surface area contributed by atoms with Crippen LogP contribution in [-0.4, -0.2) is 3.53 Å². The van der Waals surface area contributed by atoms with E-state index in [0.29, 0.717) is 0 Å². The van der Waals surface area contributed by atoms with Gasteiger partial charge in [-0.1, -0.05) is 12.2 Å². The Morgan fingerprint density at radius 1 is 1.50 bits per heavy atom. The van der Waals surface area contributed by atoms with E-state index < -0.39 is 0 Å². The van der Waals surface area contributed by atoms with Crippen LogP contribution in [0.4, 0.5) is 0 Å². The maximum absolute atomic E-state index is 4.57. The van der Waals surface area contributed by atoms with Crippen LogP contribution in [0.1, 0.15) is 0 Å². The van der Waals surface area contributed by atoms with Gasteiger partial charge in [0.15, 0.2) is 0 Å². The number of thiocarbonyl (C=S) groups is 1. The van der Waals surface area contributed by atoms with Crippen molar-refractivity contribution >= 4 is 37.3 Å². The van der Waals surface area contributed by atoms with Crippen LogP contribution in [-0.2, 0) is 0 Å². The molecular weight excluding hydrogens is 108 g/mol. The highest BCUT2D eigenvalue weighted by atomic mass is 33.2. The second-order valence-corrected chi connectivity index (χ2v) is 3.75. The van der Waals surface area contributed by atoms with Gasteiger partial charge in [0, 0.05) is 0 Å². The second kappa shape index (κ2) is 0.880. The highest BCUT2D eigenvalue weighted by molar-refractivity contribution is 9.12. The molecule has 0 radical (unpaired) electrons. The minimum atomic E-state index is 1.08. The maximum Gasteiger partial charge on any atom is 0.126 e. The van der Waals surface area contributed by atoms with E-state index in [1.54, 1.807) is 21.6 Å². The van der Waals surface area contributed by atoms with Crippen molar-refractivity contribution in [3.05, 3.63) is 0 Å². The maximum atomic E-state index is 4.57. The molecule has 1 rings (SSSR count). The highest BCUT2D eigenvalue weighted by Crippen LogP contribution is 2.46. The van der Waals surface area contributed by atoms with Gasteiger partial charge in [0.1, 0.15) is 3.53 Å². The lowest BCUT2D eigenvalue weighted by Crippen LogP contribution is -1.24. The summed E-state index contributed by atoms with van der Waals surface area (Å²) in [7, 11) is 3.34. The van der Waals surface area contributed by atoms with Gasteiger partial charge in [-0.05, 0) is 21.6 Å². The first-order valence-corrected chi connectivity index (χ1v) is 3.34. The summed E-state index contributed by atoms with van der Waals surface area (Å²) >= 11 is 4.57. The topological polar surface area (TPSA) is 0 Å². The Morgan fingerprint density at radius 3 is 1.75 bits per heavy atom. The minimum Gasteiger partial charge on any atom is -0.0630 e. The van der Waals surface area contributed by atoms with Gasteiger partial charge < -0.3 is 0 Å². The zero-order chi connectivity index (χ0) is 2.99. The van der Waals surface area contributed by atoms with Crippen LogP contribution >= 0.6 is 33.8 Å². The molecule has 22 valence electrons. The lowest BCUT2D eigenvalue weighted by Gasteiger charge is -1.22. The van der Waals surface area contributed by atoms with E-state index in [-0.39, 0.29) is 0 Å². The molecule has 0 aliphatic carbocycles. The summed E-state index contributed by atoms with van der Waals surface area (Å²) in [4.78, 5) is 0. The molecule has 0 aromatic heterocycles. The Labute approximate surface area is 37.7 Å². The van der Waals surface area contributed by atoms with Gasteiger partial charge in [0.25, 0.3) is 0 Å². The average molecular weight is 108 g/mol. The average Bonchev–Trinajstić information content (AvgIpc) is 1.75. The van der Waals surface area contributed by atoms with E-state index in [4.69, 9.17) is 0 Å². The molecule has 0 unspecified atom stereocenters. The molecule has 0 nitrogen and oxygen atoms in total. The molecule has 1 aliphatic heterocycles. The summed E-state index contributed by atoms with van der Waals surface area (Å²) in [5.74, 6) is 0.